The fourth-order valence-corrected chi connectivity index (χ4v) is 1.16. The highest BCUT2D eigenvalue weighted by atomic mass is 14.9. The summed E-state index contributed by atoms with van der Waals surface area (Å²) in [6, 6.07) is 5.95. The third-order valence-corrected chi connectivity index (χ3v) is 2.04. The first-order valence-electron chi connectivity index (χ1n) is 4.25. The Balaban J connectivity index is 1.98. The molecule has 1 aliphatic rings. The third kappa shape index (κ3) is 1.71. The van der Waals surface area contributed by atoms with Crippen molar-refractivity contribution in [3.8, 4) is 0 Å². The van der Waals surface area contributed by atoms with Crippen molar-refractivity contribution >= 4 is 6.08 Å². The van der Waals surface area contributed by atoms with Gasteiger partial charge in [-0.2, -0.15) is 0 Å². The number of hydrogen-bond donors (Lipinski definition) is 1. The van der Waals surface area contributed by atoms with E-state index in [0.717, 1.165) is 18.8 Å². The van der Waals surface area contributed by atoms with Gasteiger partial charge < -0.3 is 5.32 Å². The highest BCUT2D eigenvalue weighted by molar-refractivity contribution is 5.44. The molecule has 0 bridgehead atoms. The molecule has 1 aromatic rings. The standard InChI is InChI=1S/C10H12N2/c1-2-6-12-10(3-1)5-4-9-7-11-8-9/h1-6,9,11H,7-8H2/b5-4+. The molecule has 12 heavy (non-hydrogen) atoms. The lowest BCUT2D eigenvalue weighted by atomic mass is 10.0. The van der Waals surface area contributed by atoms with E-state index in [-0.39, 0.29) is 0 Å². The topological polar surface area (TPSA) is 24.9 Å². The second kappa shape index (κ2) is 3.50. The summed E-state index contributed by atoms with van der Waals surface area (Å²) < 4.78 is 0. The summed E-state index contributed by atoms with van der Waals surface area (Å²) in [5, 5.41) is 3.23. The van der Waals surface area contributed by atoms with E-state index >= 15 is 0 Å². The van der Waals surface area contributed by atoms with Crippen LogP contribution in [0.5, 0.6) is 0 Å². The van der Waals surface area contributed by atoms with Gasteiger partial charge in [-0.05, 0) is 18.2 Å². The Hall–Kier alpha value is -1.15. The third-order valence-electron chi connectivity index (χ3n) is 2.04. The summed E-state index contributed by atoms with van der Waals surface area (Å²) >= 11 is 0. The number of rotatable bonds is 2. The van der Waals surface area contributed by atoms with E-state index in [1.807, 2.05) is 24.4 Å². The molecule has 0 atom stereocenters. The molecule has 0 aliphatic carbocycles. The number of nitrogens with zero attached hydrogens (tertiary/aromatic N) is 1. The van der Waals surface area contributed by atoms with Crippen LogP contribution in [0.3, 0.4) is 0 Å². The van der Waals surface area contributed by atoms with Crippen molar-refractivity contribution in [3.63, 3.8) is 0 Å². The van der Waals surface area contributed by atoms with Gasteiger partial charge in [-0.3, -0.25) is 4.98 Å². The minimum absolute atomic E-state index is 0.715. The Morgan fingerprint density at radius 2 is 2.33 bits per heavy atom. The molecule has 2 heterocycles. The molecule has 2 heteroatoms. The van der Waals surface area contributed by atoms with E-state index < -0.39 is 0 Å². The lowest BCUT2D eigenvalue weighted by Crippen LogP contribution is -2.40. The van der Waals surface area contributed by atoms with Crippen LogP contribution in [0.2, 0.25) is 0 Å². The van der Waals surface area contributed by atoms with E-state index in [2.05, 4.69) is 22.5 Å². The largest absolute Gasteiger partial charge is 0.315 e. The predicted octanol–water partition coefficient (Wildman–Crippen LogP) is 1.31. The summed E-state index contributed by atoms with van der Waals surface area (Å²) in [5.74, 6) is 0.715. The second-order valence-electron chi connectivity index (χ2n) is 3.03. The molecular formula is C10H12N2. The number of nitrogens with one attached hydrogen (secondary N) is 1. The quantitative estimate of drug-likeness (QED) is 0.705. The zero-order chi connectivity index (χ0) is 8.23. The SMILES string of the molecule is C(=C\C1CNC1)/c1ccccn1. The highest BCUT2D eigenvalue weighted by Gasteiger charge is 2.11. The molecule has 1 saturated heterocycles. The van der Waals surface area contributed by atoms with E-state index in [9.17, 15) is 0 Å². The summed E-state index contributed by atoms with van der Waals surface area (Å²) in [6.07, 6.45) is 6.13. The van der Waals surface area contributed by atoms with Gasteiger partial charge in [-0.1, -0.05) is 12.1 Å². The summed E-state index contributed by atoms with van der Waals surface area (Å²) in [5.41, 5.74) is 1.05. The molecule has 0 saturated carbocycles. The van der Waals surface area contributed by atoms with Crippen molar-refractivity contribution in [2.24, 2.45) is 5.92 Å². The number of hydrogen-bond acceptors (Lipinski definition) is 2. The van der Waals surface area contributed by atoms with Crippen LogP contribution in [0.1, 0.15) is 5.69 Å². The van der Waals surface area contributed by atoms with Crippen molar-refractivity contribution in [1.82, 2.24) is 10.3 Å². The van der Waals surface area contributed by atoms with Crippen LogP contribution in [0, 0.1) is 5.92 Å². The van der Waals surface area contributed by atoms with Crippen LogP contribution >= 0.6 is 0 Å². The van der Waals surface area contributed by atoms with Crippen LogP contribution in [0.15, 0.2) is 30.5 Å². The van der Waals surface area contributed by atoms with Crippen LogP contribution in [-0.2, 0) is 0 Å². The maximum atomic E-state index is 4.20. The lowest BCUT2D eigenvalue weighted by Gasteiger charge is -2.23. The van der Waals surface area contributed by atoms with Crippen LogP contribution in [-0.4, -0.2) is 18.1 Å². The highest BCUT2D eigenvalue weighted by Crippen LogP contribution is 2.06. The van der Waals surface area contributed by atoms with Crippen LogP contribution < -0.4 is 5.32 Å². The van der Waals surface area contributed by atoms with Gasteiger partial charge in [0, 0.05) is 25.2 Å². The molecule has 0 spiro atoms. The van der Waals surface area contributed by atoms with Gasteiger partial charge in [0.1, 0.15) is 0 Å². The van der Waals surface area contributed by atoms with E-state index in [4.69, 9.17) is 0 Å². The molecule has 0 aromatic carbocycles. The molecule has 0 unspecified atom stereocenters. The predicted molar refractivity (Wildman–Crippen MR) is 49.6 cm³/mol. The Labute approximate surface area is 72.3 Å². The molecule has 1 aliphatic heterocycles. The average Bonchev–Trinajstić information content (AvgIpc) is 2.04. The van der Waals surface area contributed by atoms with Crippen molar-refractivity contribution in [1.29, 1.82) is 0 Å². The molecule has 0 amide bonds. The van der Waals surface area contributed by atoms with Crippen molar-refractivity contribution in [2.75, 3.05) is 13.1 Å². The van der Waals surface area contributed by atoms with Gasteiger partial charge >= 0.3 is 0 Å². The van der Waals surface area contributed by atoms with Crippen molar-refractivity contribution in [2.45, 2.75) is 0 Å². The van der Waals surface area contributed by atoms with Crippen LogP contribution in [0.25, 0.3) is 6.08 Å². The minimum Gasteiger partial charge on any atom is -0.315 e. The Morgan fingerprint density at radius 1 is 1.42 bits per heavy atom. The maximum Gasteiger partial charge on any atom is 0.0626 e. The van der Waals surface area contributed by atoms with Gasteiger partial charge in [0.25, 0.3) is 0 Å². The molecule has 1 N–H and O–H groups in total. The van der Waals surface area contributed by atoms with Gasteiger partial charge in [0.2, 0.25) is 0 Å². The number of pyridine rings is 1. The average molecular weight is 160 g/mol. The lowest BCUT2D eigenvalue weighted by molar-refractivity contribution is 0.420. The summed E-state index contributed by atoms with van der Waals surface area (Å²) in [6.45, 7) is 2.23. The maximum absolute atomic E-state index is 4.20. The minimum atomic E-state index is 0.715. The normalized spacial score (nSPS) is 18.0. The van der Waals surface area contributed by atoms with Gasteiger partial charge in [0.05, 0.1) is 5.69 Å². The van der Waals surface area contributed by atoms with E-state index in [0.29, 0.717) is 5.92 Å². The first kappa shape index (κ1) is 7.50. The first-order chi connectivity index (χ1) is 5.95. The fourth-order valence-electron chi connectivity index (χ4n) is 1.16. The molecule has 2 rings (SSSR count). The molecular weight excluding hydrogens is 148 g/mol. The van der Waals surface area contributed by atoms with Crippen molar-refractivity contribution in [3.05, 3.63) is 36.2 Å². The zero-order valence-electron chi connectivity index (χ0n) is 6.90. The smallest absolute Gasteiger partial charge is 0.0626 e. The zero-order valence-corrected chi connectivity index (χ0v) is 6.90. The molecule has 0 radical (unpaired) electrons. The van der Waals surface area contributed by atoms with Gasteiger partial charge in [-0.25, -0.2) is 0 Å². The molecule has 1 aromatic heterocycles. The summed E-state index contributed by atoms with van der Waals surface area (Å²) in [7, 11) is 0. The van der Waals surface area contributed by atoms with Crippen LogP contribution in [0.4, 0.5) is 0 Å². The monoisotopic (exact) mass is 160 g/mol. The molecule has 2 nitrogen and oxygen atoms in total. The Kier molecular flexibility index (Phi) is 2.19. The van der Waals surface area contributed by atoms with Gasteiger partial charge in [0.15, 0.2) is 0 Å². The summed E-state index contributed by atoms with van der Waals surface area (Å²) in [4.78, 5) is 4.20. The van der Waals surface area contributed by atoms with Gasteiger partial charge in [-0.15, -0.1) is 0 Å². The Morgan fingerprint density at radius 3 is 2.92 bits per heavy atom. The Bertz CT molecular complexity index is 262. The fraction of sp³-hybridized carbons (Fsp3) is 0.300. The van der Waals surface area contributed by atoms with Crippen molar-refractivity contribution < 1.29 is 0 Å². The van der Waals surface area contributed by atoms with E-state index in [1.165, 1.54) is 0 Å². The number of aromatic nitrogens is 1. The first-order valence-corrected chi connectivity index (χ1v) is 4.25. The molecule has 1 fully saturated rings. The molecule has 62 valence electrons. The second-order valence-corrected chi connectivity index (χ2v) is 3.03. The van der Waals surface area contributed by atoms with E-state index in [1.54, 1.807) is 0 Å².